The lowest BCUT2D eigenvalue weighted by Crippen LogP contribution is -2.35. The fraction of sp³-hybridized carbons (Fsp3) is 0.459. The fourth-order valence-corrected chi connectivity index (χ4v) is 5.67. The molecule has 0 aliphatic carbocycles. The minimum Gasteiger partial charge on any atom is -0.497 e. The van der Waals surface area contributed by atoms with Crippen LogP contribution in [-0.4, -0.2) is 80.3 Å². The monoisotopic (exact) mass is 687 g/mol. The molecule has 13 nitrogen and oxygen atoms in total. The van der Waals surface area contributed by atoms with Crippen LogP contribution in [0.4, 0.5) is 22.1 Å². The van der Waals surface area contributed by atoms with Crippen molar-refractivity contribution < 1.29 is 28.5 Å². The molecule has 1 saturated heterocycles. The summed E-state index contributed by atoms with van der Waals surface area (Å²) in [5.41, 5.74) is 5.10. The topological polar surface area (TPSA) is 150 Å². The number of nitrogens with zero attached hydrogens (tertiary/aromatic N) is 3. The molecule has 0 saturated carbocycles. The van der Waals surface area contributed by atoms with Gasteiger partial charge in [-0.2, -0.15) is 0 Å². The largest absolute Gasteiger partial charge is 0.497 e. The molecule has 4 aromatic rings. The predicted molar refractivity (Wildman–Crippen MR) is 196 cm³/mol. The first-order valence-electron chi connectivity index (χ1n) is 17.0. The number of ether oxygens (including phenoxy) is 5. The summed E-state index contributed by atoms with van der Waals surface area (Å²) in [4.78, 5) is 27.3. The number of pyridine rings is 1. The van der Waals surface area contributed by atoms with Crippen molar-refractivity contribution >= 4 is 34.4 Å². The summed E-state index contributed by atoms with van der Waals surface area (Å²) < 4.78 is 27.7. The normalized spacial score (nSPS) is 13.4. The maximum Gasteiger partial charge on any atom is 0.407 e. The van der Waals surface area contributed by atoms with Gasteiger partial charge in [0.05, 0.1) is 32.7 Å². The number of carbonyl (C=O) groups excluding carboxylic acids is 1. The highest BCUT2D eigenvalue weighted by molar-refractivity contribution is 5.98. The summed E-state index contributed by atoms with van der Waals surface area (Å²) in [6.45, 7) is 10.3. The number of methoxy groups -OCH3 is 3. The summed E-state index contributed by atoms with van der Waals surface area (Å²) in [5.74, 6) is 3.45. The molecule has 1 amide bonds. The van der Waals surface area contributed by atoms with E-state index in [4.69, 9.17) is 38.6 Å². The second kappa shape index (κ2) is 16.6. The first-order valence-corrected chi connectivity index (χ1v) is 17.0. The molecule has 2 aromatic heterocycles. The third-order valence-electron chi connectivity index (χ3n) is 8.23. The number of benzene rings is 2. The molecule has 0 bridgehead atoms. The van der Waals surface area contributed by atoms with Crippen LogP contribution in [0.15, 0.2) is 42.6 Å². The third kappa shape index (κ3) is 9.14. The molecule has 13 heteroatoms. The van der Waals surface area contributed by atoms with E-state index in [9.17, 15) is 4.79 Å². The van der Waals surface area contributed by atoms with Crippen LogP contribution >= 0.6 is 0 Å². The number of alkyl carbamates (subject to hydrolysis) is 1. The molecule has 0 radical (unpaired) electrons. The van der Waals surface area contributed by atoms with Gasteiger partial charge in [0.25, 0.3) is 0 Å². The van der Waals surface area contributed by atoms with E-state index in [0.29, 0.717) is 54.4 Å². The number of nitrogens with one attached hydrogen (secondary N) is 4. The fourth-order valence-electron chi connectivity index (χ4n) is 5.67. The summed E-state index contributed by atoms with van der Waals surface area (Å²) in [7, 11) is 4.90. The van der Waals surface area contributed by atoms with Crippen LogP contribution in [0.1, 0.15) is 51.8 Å². The molecule has 4 N–H and O–H groups in total. The van der Waals surface area contributed by atoms with E-state index < -0.39 is 11.7 Å². The number of hydrogen-bond donors (Lipinski definition) is 4. The second-order valence-electron chi connectivity index (χ2n) is 12.9. The Bertz CT molecular complexity index is 1770. The van der Waals surface area contributed by atoms with Gasteiger partial charge in [0.2, 0.25) is 0 Å². The molecule has 1 aliphatic rings. The van der Waals surface area contributed by atoms with Gasteiger partial charge in [-0.15, -0.1) is 0 Å². The maximum absolute atomic E-state index is 12.0. The molecular weight excluding hydrogens is 638 g/mol. The van der Waals surface area contributed by atoms with Crippen molar-refractivity contribution in [1.29, 1.82) is 0 Å². The maximum atomic E-state index is 12.0. The molecule has 0 atom stereocenters. The van der Waals surface area contributed by atoms with E-state index in [1.54, 1.807) is 21.3 Å². The molecule has 5 rings (SSSR count). The quantitative estimate of drug-likeness (QED) is 0.108. The Labute approximate surface area is 293 Å². The van der Waals surface area contributed by atoms with Crippen molar-refractivity contribution in [3.05, 3.63) is 53.9 Å². The third-order valence-corrected chi connectivity index (χ3v) is 8.23. The molecule has 1 fully saturated rings. The predicted octanol–water partition coefficient (Wildman–Crippen LogP) is 6.42. The van der Waals surface area contributed by atoms with Crippen LogP contribution in [0.3, 0.4) is 0 Å². The van der Waals surface area contributed by atoms with Crippen molar-refractivity contribution in [2.75, 3.05) is 63.6 Å². The minimum atomic E-state index is -0.557. The first kappa shape index (κ1) is 36.2. The Morgan fingerprint density at radius 2 is 1.68 bits per heavy atom. The summed E-state index contributed by atoms with van der Waals surface area (Å²) in [6.07, 6.45) is 3.87. The van der Waals surface area contributed by atoms with E-state index in [1.807, 2.05) is 63.4 Å². The van der Waals surface area contributed by atoms with Crippen molar-refractivity contribution in [2.24, 2.45) is 0 Å². The molecule has 2 aromatic carbocycles. The first-order chi connectivity index (χ1) is 24.1. The van der Waals surface area contributed by atoms with Crippen molar-refractivity contribution in [1.82, 2.24) is 20.3 Å². The lowest BCUT2D eigenvalue weighted by atomic mass is 10.0. The number of rotatable bonds is 14. The van der Waals surface area contributed by atoms with Gasteiger partial charge < -0.3 is 45.0 Å². The van der Waals surface area contributed by atoms with Crippen molar-refractivity contribution in [3.8, 4) is 28.4 Å². The van der Waals surface area contributed by atoms with Crippen LogP contribution in [0.5, 0.6) is 17.2 Å². The average molecular weight is 688 g/mol. The average Bonchev–Trinajstić information content (AvgIpc) is 3.11. The zero-order valence-electron chi connectivity index (χ0n) is 30.1. The molecular formula is C37H49N7O6. The van der Waals surface area contributed by atoms with Crippen LogP contribution in [0.25, 0.3) is 22.2 Å². The molecule has 0 unspecified atom stereocenters. The Morgan fingerprint density at radius 1 is 0.900 bits per heavy atom. The summed E-state index contributed by atoms with van der Waals surface area (Å²) in [5, 5.41) is 13.2. The second-order valence-corrected chi connectivity index (χ2v) is 12.9. The summed E-state index contributed by atoms with van der Waals surface area (Å²) >= 11 is 0. The van der Waals surface area contributed by atoms with E-state index in [-0.39, 0.29) is 6.04 Å². The van der Waals surface area contributed by atoms with Gasteiger partial charge in [0.1, 0.15) is 39.7 Å². The number of fused-ring (bicyclic) bond motifs is 1. The molecule has 3 heterocycles. The van der Waals surface area contributed by atoms with Gasteiger partial charge >= 0.3 is 6.09 Å². The lowest BCUT2D eigenvalue weighted by molar-refractivity contribution is 0.0530. The number of hydrogen-bond acceptors (Lipinski definition) is 12. The van der Waals surface area contributed by atoms with Crippen molar-refractivity contribution in [3.63, 3.8) is 0 Å². The Hall–Kier alpha value is -5.04. The molecule has 1 aliphatic heterocycles. The zero-order chi connectivity index (χ0) is 35.7. The highest BCUT2D eigenvalue weighted by Crippen LogP contribution is 2.36. The number of anilines is 3. The van der Waals surface area contributed by atoms with Crippen LogP contribution in [-0.2, 0) is 22.4 Å². The zero-order valence-corrected chi connectivity index (χ0v) is 30.1. The van der Waals surface area contributed by atoms with Crippen molar-refractivity contribution in [2.45, 2.75) is 65.1 Å². The number of aryl methyl sites for hydroxylation is 1. The molecule has 50 heavy (non-hydrogen) atoms. The van der Waals surface area contributed by atoms with Gasteiger partial charge in [0.15, 0.2) is 5.82 Å². The van der Waals surface area contributed by atoms with Crippen LogP contribution in [0, 0.1) is 0 Å². The van der Waals surface area contributed by atoms with Gasteiger partial charge in [-0.3, -0.25) is 0 Å². The van der Waals surface area contributed by atoms with E-state index in [1.165, 1.54) is 0 Å². The van der Waals surface area contributed by atoms with Gasteiger partial charge in [-0.1, -0.05) is 13.0 Å². The van der Waals surface area contributed by atoms with Gasteiger partial charge in [-0.25, -0.2) is 19.7 Å². The SMILES string of the molecule is CCc1nc2c(NCc3ccc(OC)cc3OC)ncc(-c3ccc(NCCNC(=O)OC(C)(C)C)c(OC)c3)c2nc1NC1CCOCC1. The van der Waals surface area contributed by atoms with E-state index in [2.05, 4.69) is 28.2 Å². The number of aromatic nitrogens is 3. The van der Waals surface area contributed by atoms with E-state index >= 15 is 0 Å². The number of carbonyl (C=O) groups is 1. The standard InChI is InChI=1S/C37H49N7O6/c1-8-28-34(42-25-13-17-49-18-14-25)44-32-27(22-41-35(33(32)43-28)40-21-24-9-11-26(46-5)20-30(24)47-6)23-10-12-29(31(19-23)48-7)38-15-16-39-36(45)50-37(2,3)4/h9-12,19-20,22,25,38H,8,13-18,21H2,1-7H3,(H,39,45)(H,40,41)(H,42,44). The Balaban J connectivity index is 1.46. The molecule has 0 spiro atoms. The van der Waals surface area contributed by atoms with Crippen LogP contribution in [0.2, 0.25) is 0 Å². The highest BCUT2D eigenvalue weighted by atomic mass is 16.6. The Kier molecular flexibility index (Phi) is 12.0. The highest BCUT2D eigenvalue weighted by Gasteiger charge is 2.21. The van der Waals surface area contributed by atoms with Crippen LogP contribution < -0.4 is 35.5 Å². The summed E-state index contributed by atoms with van der Waals surface area (Å²) in [6, 6.07) is 11.9. The minimum absolute atomic E-state index is 0.251. The van der Waals surface area contributed by atoms with E-state index in [0.717, 1.165) is 65.7 Å². The Morgan fingerprint density at radius 3 is 2.38 bits per heavy atom. The number of amides is 1. The lowest BCUT2D eigenvalue weighted by Gasteiger charge is -2.25. The van der Waals surface area contributed by atoms with Gasteiger partial charge in [-0.05, 0) is 69.9 Å². The molecule has 268 valence electrons. The smallest absolute Gasteiger partial charge is 0.407 e. The van der Waals surface area contributed by atoms with Gasteiger partial charge in [0, 0.05) is 62.3 Å².